The van der Waals surface area contributed by atoms with E-state index in [1.807, 2.05) is 30.3 Å². The molecule has 0 unspecified atom stereocenters. The van der Waals surface area contributed by atoms with Crippen LogP contribution in [0, 0.1) is 6.92 Å². The van der Waals surface area contributed by atoms with E-state index in [1.54, 1.807) is 6.92 Å². The van der Waals surface area contributed by atoms with Gasteiger partial charge in [0.05, 0.1) is 0 Å². The molecule has 0 saturated heterocycles. The molecule has 0 radical (unpaired) electrons. The summed E-state index contributed by atoms with van der Waals surface area (Å²) in [6.07, 6.45) is 1.03. The first kappa shape index (κ1) is 15.6. The van der Waals surface area contributed by atoms with Crippen molar-refractivity contribution in [2.75, 3.05) is 0 Å². The van der Waals surface area contributed by atoms with Crippen molar-refractivity contribution in [2.24, 2.45) is 0 Å². The van der Waals surface area contributed by atoms with Crippen LogP contribution in [-0.2, 0) is 17.8 Å². The molecule has 0 aromatic heterocycles. The van der Waals surface area contributed by atoms with Crippen molar-refractivity contribution in [1.82, 2.24) is 0 Å². The maximum absolute atomic E-state index is 11.3. The van der Waals surface area contributed by atoms with Crippen molar-refractivity contribution in [1.29, 1.82) is 0 Å². The summed E-state index contributed by atoms with van der Waals surface area (Å²) >= 11 is 1.25. The molecule has 0 heterocycles. The van der Waals surface area contributed by atoms with Gasteiger partial charge in [-0.1, -0.05) is 49.0 Å². The van der Waals surface area contributed by atoms with Gasteiger partial charge in [-0.05, 0) is 36.6 Å². The molecule has 0 N–H and O–H groups in total. The molecular weight excluding hydrogens is 280 g/mol. The predicted octanol–water partition coefficient (Wildman–Crippen LogP) is 4.78. The highest BCUT2D eigenvalue weighted by molar-refractivity contribution is 8.13. The molecule has 0 saturated carbocycles. The first-order chi connectivity index (χ1) is 10.1. The van der Waals surface area contributed by atoms with Crippen LogP contribution < -0.4 is 4.74 Å². The SMILES string of the molecule is CCc1ccc(OCc2ccccc2SC(C)=O)c(C)c1. The van der Waals surface area contributed by atoms with Crippen LogP contribution in [0.1, 0.15) is 30.5 Å². The van der Waals surface area contributed by atoms with Crippen molar-refractivity contribution in [3.8, 4) is 5.75 Å². The maximum Gasteiger partial charge on any atom is 0.190 e. The van der Waals surface area contributed by atoms with Crippen molar-refractivity contribution < 1.29 is 9.53 Å². The van der Waals surface area contributed by atoms with Crippen LogP contribution in [0.25, 0.3) is 0 Å². The summed E-state index contributed by atoms with van der Waals surface area (Å²) < 4.78 is 5.92. The van der Waals surface area contributed by atoms with Crippen molar-refractivity contribution in [3.05, 3.63) is 59.2 Å². The molecule has 0 bridgehead atoms. The first-order valence-electron chi connectivity index (χ1n) is 7.08. The van der Waals surface area contributed by atoms with Gasteiger partial charge in [-0.25, -0.2) is 0 Å². The summed E-state index contributed by atoms with van der Waals surface area (Å²) in [6, 6.07) is 14.1. The van der Waals surface area contributed by atoms with Gasteiger partial charge in [-0.3, -0.25) is 4.79 Å². The molecule has 0 fully saturated rings. The van der Waals surface area contributed by atoms with E-state index in [4.69, 9.17) is 4.74 Å². The lowest BCUT2D eigenvalue weighted by Gasteiger charge is -2.12. The van der Waals surface area contributed by atoms with Crippen LogP contribution in [-0.4, -0.2) is 5.12 Å². The van der Waals surface area contributed by atoms with Crippen molar-refractivity contribution in [3.63, 3.8) is 0 Å². The highest BCUT2D eigenvalue weighted by atomic mass is 32.2. The average Bonchev–Trinajstić information content (AvgIpc) is 2.46. The van der Waals surface area contributed by atoms with E-state index in [2.05, 4.69) is 26.0 Å². The van der Waals surface area contributed by atoms with E-state index in [0.717, 1.165) is 28.2 Å². The summed E-state index contributed by atoms with van der Waals surface area (Å²) in [7, 11) is 0. The van der Waals surface area contributed by atoms with E-state index in [9.17, 15) is 4.79 Å². The molecule has 3 heteroatoms. The normalized spacial score (nSPS) is 10.4. The van der Waals surface area contributed by atoms with Gasteiger partial charge in [-0.2, -0.15) is 0 Å². The molecule has 2 aromatic rings. The number of aryl methyl sites for hydroxylation is 2. The zero-order valence-corrected chi connectivity index (χ0v) is 13.5. The van der Waals surface area contributed by atoms with Crippen LogP contribution in [0.4, 0.5) is 0 Å². The minimum absolute atomic E-state index is 0.0888. The van der Waals surface area contributed by atoms with E-state index >= 15 is 0 Å². The largest absolute Gasteiger partial charge is 0.489 e. The van der Waals surface area contributed by atoms with Gasteiger partial charge in [0.15, 0.2) is 5.12 Å². The number of hydrogen-bond acceptors (Lipinski definition) is 3. The third kappa shape index (κ3) is 4.36. The first-order valence-corrected chi connectivity index (χ1v) is 7.90. The molecule has 2 aromatic carbocycles. The second kappa shape index (κ2) is 7.32. The number of carbonyl (C=O) groups excluding carboxylic acids is 1. The molecule has 0 aliphatic heterocycles. The van der Waals surface area contributed by atoms with Gasteiger partial charge in [0.1, 0.15) is 12.4 Å². The zero-order chi connectivity index (χ0) is 15.2. The Morgan fingerprint density at radius 3 is 2.62 bits per heavy atom. The van der Waals surface area contributed by atoms with Gasteiger partial charge in [0, 0.05) is 17.4 Å². The monoisotopic (exact) mass is 300 g/mol. The number of ether oxygens (including phenoxy) is 1. The molecule has 21 heavy (non-hydrogen) atoms. The highest BCUT2D eigenvalue weighted by Crippen LogP contribution is 2.26. The second-order valence-corrected chi connectivity index (χ2v) is 6.16. The molecule has 0 atom stereocenters. The summed E-state index contributed by atoms with van der Waals surface area (Å²) in [5.74, 6) is 0.898. The second-order valence-electron chi connectivity index (χ2n) is 4.94. The fourth-order valence-electron chi connectivity index (χ4n) is 2.13. The maximum atomic E-state index is 11.3. The molecule has 0 aliphatic carbocycles. The molecular formula is C18H20O2S. The lowest BCUT2D eigenvalue weighted by molar-refractivity contribution is -0.109. The third-order valence-electron chi connectivity index (χ3n) is 3.26. The van der Waals surface area contributed by atoms with Crippen LogP contribution in [0.2, 0.25) is 0 Å². The molecule has 0 amide bonds. The van der Waals surface area contributed by atoms with E-state index in [1.165, 1.54) is 17.3 Å². The topological polar surface area (TPSA) is 26.3 Å². The van der Waals surface area contributed by atoms with Gasteiger partial charge in [0.25, 0.3) is 0 Å². The summed E-state index contributed by atoms with van der Waals surface area (Å²) in [5.41, 5.74) is 3.50. The summed E-state index contributed by atoms with van der Waals surface area (Å²) in [5, 5.41) is 0.0888. The van der Waals surface area contributed by atoms with Gasteiger partial charge >= 0.3 is 0 Å². The highest BCUT2D eigenvalue weighted by Gasteiger charge is 2.07. The number of carbonyl (C=O) groups is 1. The van der Waals surface area contributed by atoms with Gasteiger partial charge < -0.3 is 4.74 Å². The Hall–Kier alpha value is -1.74. The Morgan fingerprint density at radius 1 is 1.19 bits per heavy atom. The minimum atomic E-state index is 0.0888. The van der Waals surface area contributed by atoms with E-state index in [0.29, 0.717) is 6.61 Å². The fourth-order valence-corrected chi connectivity index (χ4v) is 2.84. The zero-order valence-electron chi connectivity index (χ0n) is 12.7. The van der Waals surface area contributed by atoms with Crippen LogP contribution in [0.5, 0.6) is 5.75 Å². The lowest BCUT2D eigenvalue weighted by Crippen LogP contribution is -1.99. The van der Waals surface area contributed by atoms with E-state index < -0.39 is 0 Å². The number of hydrogen-bond donors (Lipinski definition) is 0. The summed E-state index contributed by atoms with van der Waals surface area (Å²) in [4.78, 5) is 12.3. The summed E-state index contributed by atoms with van der Waals surface area (Å²) in [6.45, 7) is 6.26. The standard InChI is InChI=1S/C18H20O2S/c1-4-15-9-10-17(13(2)11-15)20-12-16-7-5-6-8-18(16)21-14(3)19/h5-11H,4,12H2,1-3H3. The van der Waals surface area contributed by atoms with Crippen LogP contribution in [0.3, 0.4) is 0 Å². The Kier molecular flexibility index (Phi) is 5.45. The number of benzene rings is 2. The molecule has 0 spiro atoms. The van der Waals surface area contributed by atoms with Crippen molar-refractivity contribution in [2.45, 2.75) is 38.7 Å². The number of thioether (sulfide) groups is 1. The quantitative estimate of drug-likeness (QED) is 0.744. The molecule has 0 aliphatic rings. The minimum Gasteiger partial charge on any atom is -0.489 e. The third-order valence-corrected chi connectivity index (χ3v) is 4.16. The van der Waals surface area contributed by atoms with Gasteiger partial charge in [0.2, 0.25) is 0 Å². The van der Waals surface area contributed by atoms with E-state index in [-0.39, 0.29) is 5.12 Å². The molecule has 2 rings (SSSR count). The lowest BCUT2D eigenvalue weighted by atomic mass is 10.1. The van der Waals surface area contributed by atoms with Crippen LogP contribution in [0.15, 0.2) is 47.4 Å². The Morgan fingerprint density at radius 2 is 1.95 bits per heavy atom. The van der Waals surface area contributed by atoms with Gasteiger partial charge in [-0.15, -0.1) is 0 Å². The Bertz CT molecular complexity index is 635. The molecule has 2 nitrogen and oxygen atoms in total. The Balaban J connectivity index is 2.11. The van der Waals surface area contributed by atoms with Crippen LogP contribution >= 0.6 is 11.8 Å². The van der Waals surface area contributed by atoms with Crippen molar-refractivity contribution >= 4 is 16.9 Å². The average molecular weight is 300 g/mol. The fraction of sp³-hybridized carbons (Fsp3) is 0.278. The Labute approximate surface area is 130 Å². The number of rotatable bonds is 5. The smallest absolute Gasteiger partial charge is 0.190 e. The molecule has 110 valence electrons. The predicted molar refractivity (Wildman–Crippen MR) is 87.9 cm³/mol.